The minimum absolute atomic E-state index is 0.709. The molecule has 0 aliphatic heterocycles. The van der Waals surface area contributed by atoms with Gasteiger partial charge in [-0.2, -0.15) is 0 Å². The fourth-order valence-corrected chi connectivity index (χ4v) is 3.37. The molecule has 25 heavy (non-hydrogen) atoms. The van der Waals surface area contributed by atoms with E-state index in [4.69, 9.17) is 4.74 Å². The van der Waals surface area contributed by atoms with E-state index in [9.17, 15) is 0 Å². The van der Waals surface area contributed by atoms with Crippen LogP contribution in [0.3, 0.4) is 0 Å². The first-order chi connectivity index (χ1) is 12.3. The highest BCUT2D eigenvalue weighted by Gasteiger charge is 2.16. The zero-order valence-corrected chi connectivity index (χ0v) is 15.7. The van der Waals surface area contributed by atoms with Gasteiger partial charge in [0.1, 0.15) is 0 Å². The topological polar surface area (TPSA) is 37.7 Å². The number of aromatic nitrogens is 1. The van der Waals surface area contributed by atoms with E-state index in [1.165, 1.54) is 5.56 Å². The number of aliphatic imine (C=N–C) groups is 1. The first kappa shape index (κ1) is 19.2. The number of ether oxygens (including phenoxy) is 1. The number of benzene rings is 1. The Morgan fingerprint density at radius 1 is 1.20 bits per heavy atom. The molecule has 0 radical (unpaired) electrons. The molecule has 0 bridgehead atoms. The van der Waals surface area contributed by atoms with Crippen molar-refractivity contribution in [3.05, 3.63) is 72.6 Å². The predicted molar refractivity (Wildman–Crippen MR) is 108 cm³/mol. The first-order valence-electron chi connectivity index (χ1n) is 8.25. The van der Waals surface area contributed by atoms with Gasteiger partial charge in [0.2, 0.25) is 0 Å². The molecular weight excluding hydrogens is 330 g/mol. The summed E-state index contributed by atoms with van der Waals surface area (Å²) in [5, 5.41) is 0.960. The molecule has 0 aliphatic rings. The third-order valence-corrected chi connectivity index (χ3v) is 4.84. The summed E-state index contributed by atoms with van der Waals surface area (Å²) in [4.78, 5) is 10.8. The largest absolute Gasteiger partial charge is 0.385 e. The van der Waals surface area contributed by atoms with E-state index in [0.717, 1.165) is 35.1 Å². The van der Waals surface area contributed by atoms with Crippen LogP contribution in [0.5, 0.6) is 0 Å². The van der Waals surface area contributed by atoms with Crippen molar-refractivity contribution in [1.29, 1.82) is 0 Å². The number of nitrogens with zero attached hydrogens (tertiary/aromatic N) is 3. The van der Waals surface area contributed by atoms with Crippen LogP contribution in [-0.4, -0.2) is 42.4 Å². The minimum atomic E-state index is 0.709. The van der Waals surface area contributed by atoms with Crippen LogP contribution >= 0.6 is 11.8 Å². The van der Waals surface area contributed by atoms with Crippen LogP contribution in [0.2, 0.25) is 0 Å². The van der Waals surface area contributed by atoms with Crippen LogP contribution in [0.4, 0.5) is 0 Å². The van der Waals surface area contributed by atoms with E-state index < -0.39 is 0 Å². The second-order valence-corrected chi connectivity index (χ2v) is 6.40. The highest BCUT2D eigenvalue weighted by atomic mass is 32.2. The molecule has 0 unspecified atom stereocenters. The number of hydrogen-bond acceptors (Lipinski definition) is 4. The van der Waals surface area contributed by atoms with Crippen molar-refractivity contribution in [3.63, 3.8) is 0 Å². The molecule has 1 aromatic heterocycles. The molecule has 0 spiro atoms. The Morgan fingerprint density at radius 2 is 1.92 bits per heavy atom. The van der Waals surface area contributed by atoms with Crippen molar-refractivity contribution in [3.8, 4) is 0 Å². The Hall–Kier alpha value is -2.11. The maximum atomic E-state index is 5.21. The molecular formula is C20H25N3OS. The Balaban J connectivity index is 2.12. The second-order valence-electron chi connectivity index (χ2n) is 5.46. The Labute approximate surface area is 154 Å². The molecule has 5 heteroatoms. The smallest absolute Gasteiger partial charge is 0.163 e. The lowest BCUT2D eigenvalue weighted by Gasteiger charge is -2.27. The maximum Gasteiger partial charge on any atom is 0.163 e. The second kappa shape index (κ2) is 10.7. The van der Waals surface area contributed by atoms with Gasteiger partial charge in [-0.1, -0.05) is 48.7 Å². The van der Waals surface area contributed by atoms with Gasteiger partial charge in [-0.25, -0.2) is 0 Å². The number of amidine groups is 1. The highest BCUT2D eigenvalue weighted by Crippen LogP contribution is 2.24. The monoisotopic (exact) mass is 355 g/mol. The summed E-state index contributed by atoms with van der Waals surface area (Å²) in [7, 11) is 3.55. The molecule has 0 fully saturated rings. The molecule has 0 atom stereocenters. The quantitative estimate of drug-likeness (QED) is 0.402. The van der Waals surface area contributed by atoms with Gasteiger partial charge in [-0.15, -0.1) is 0 Å². The SMILES string of the molecule is C=C(c1ccncc1)N(CCCOC)C(=NC)SCc1ccccc1. The van der Waals surface area contributed by atoms with Gasteiger partial charge in [0.25, 0.3) is 0 Å². The van der Waals surface area contributed by atoms with E-state index in [1.54, 1.807) is 31.3 Å². The summed E-state index contributed by atoms with van der Waals surface area (Å²) in [5.74, 6) is 0.873. The molecule has 0 amide bonds. The Kier molecular flexibility index (Phi) is 8.22. The highest BCUT2D eigenvalue weighted by molar-refractivity contribution is 8.13. The Morgan fingerprint density at radius 3 is 2.56 bits per heavy atom. The fraction of sp³-hybridized carbons (Fsp3) is 0.300. The van der Waals surface area contributed by atoms with Crippen molar-refractivity contribution < 1.29 is 4.74 Å². The van der Waals surface area contributed by atoms with Crippen molar-refractivity contribution in [2.75, 3.05) is 27.3 Å². The molecule has 2 aromatic rings. The van der Waals surface area contributed by atoms with E-state index >= 15 is 0 Å². The lowest BCUT2D eigenvalue weighted by molar-refractivity contribution is 0.191. The van der Waals surface area contributed by atoms with Crippen molar-refractivity contribution in [2.24, 2.45) is 4.99 Å². The molecule has 0 aliphatic carbocycles. The molecule has 4 nitrogen and oxygen atoms in total. The van der Waals surface area contributed by atoms with Gasteiger partial charge >= 0.3 is 0 Å². The Bertz CT molecular complexity index is 674. The summed E-state index contributed by atoms with van der Waals surface area (Å²) in [6, 6.07) is 14.4. The third kappa shape index (κ3) is 6.03. The van der Waals surface area contributed by atoms with E-state index in [0.29, 0.717) is 6.61 Å². The van der Waals surface area contributed by atoms with Crippen molar-refractivity contribution in [1.82, 2.24) is 9.88 Å². The summed E-state index contributed by atoms with van der Waals surface area (Å²) in [6.07, 6.45) is 4.48. The predicted octanol–water partition coefficient (Wildman–Crippen LogP) is 4.31. The number of rotatable bonds is 8. The van der Waals surface area contributed by atoms with E-state index in [-0.39, 0.29) is 0 Å². The first-order valence-corrected chi connectivity index (χ1v) is 9.24. The van der Waals surface area contributed by atoms with Crippen LogP contribution in [0.25, 0.3) is 5.70 Å². The van der Waals surface area contributed by atoms with Crippen molar-refractivity contribution in [2.45, 2.75) is 12.2 Å². The standard InChI is InChI=1S/C20H25N3OS/c1-17(19-10-12-22-13-11-19)23(14-7-15-24-3)20(21-2)25-16-18-8-5-4-6-9-18/h4-6,8-13H,1,7,14-16H2,2-3H3. The average molecular weight is 356 g/mol. The third-order valence-electron chi connectivity index (χ3n) is 3.70. The van der Waals surface area contributed by atoms with Crippen LogP contribution in [0.1, 0.15) is 17.5 Å². The molecule has 1 aromatic carbocycles. The number of methoxy groups -OCH3 is 1. The van der Waals surface area contributed by atoms with Crippen LogP contribution in [-0.2, 0) is 10.5 Å². The normalized spacial score (nSPS) is 11.4. The zero-order chi connectivity index (χ0) is 17.9. The summed E-state index contributed by atoms with van der Waals surface area (Å²) < 4.78 is 5.21. The van der Waals surface area contributed by atoms with E-state index in [1.807, 2.05) is 25.2 Å². The van der Waals surface area contributed by atoms with Crippen LogP contribution in [0, 0.1) is 0 Å². The van der Waals surface area contributed by atoms with Gasteiger partial charge in [0.05, 0.1) is 0 Å². The average Bonchev–Trinajstić information content (AvgIpc) is 2.68. The molecule has 0 N–H and O–H groups in total. The molecule has 1 heterocycles. The molecule has 132 valence electrons. The van der Waals surface area contributed by atoms with Gasteiger partial charge in [0.15, 0.2) is 5.17 Å². The van der Waals surface area contributed by atoms with Crippen LogP contribution in [0.15, 0.2) is 66.4 Å². The zero-order valence-electron chi connectivity index (χ0n) is 14.9. The number of thioether (sulfide) groups is 1. The van der Waals surface area contributed by atoms with Gasteiger partial charge in [0, 0.05) is 56.7 Å². The van der Waals surface area contributed by atoms with Crippen LogP contribution < -0.4 is 0 Å². The van der Waals surface area contributed by atoms with E-state index in [2.05, 4.69) is 45.7 Å². The summed E-state index contributed by atoms with van der Waals surface area (Å²) in [5.41, 5.74) is 3.26. The molecule has 2 rings (SSSR count). The number of pyridine rings is 1. The molecule has 0 saturated heterocycles. The summed E-state index contributed by atoms with van der Waals surface area (Å²) in [6.45, 7) is 5.81. The minimum Gasteiger partial charge on any atom is -0.385 e. The van der Waals surface area contributed by atoms with Gasteiger partial charge < -0.3 is 9.64 Å². The van der Waals surface area contributed by atoms with Gasteiger partial charge in [-0.05, 0) is 24.1 Å². The van der Waals surface area contributed by atoms with Gasteiger partial charge in [-0.3, -0.25) is 9.98 Å². The lowest BCUT2D eigenvalue weighted by Crippen LogP contribution is -2.29. The summed E-state index contributed by atoms with van der Waals surface area (Å²) >= 11 is 1.72. The van der Waals surface area contributed by atoms with Crippen molar-refractivity contribution >= 4 is 22.6 Å². The number of hydrogen-bond donors (Lipinski definition) is 0. The molecule has 0 saturated carbocycles. The maximum absolute atomic E-state index is 5.21. The fourth-order valence-electron chi connectivity index (χ4n) is 2.40. The lowest BCUT2D eigenvalue weighted by atomic mass is 10.2.